The van der Waals surface area contributed by atoms with Gasteiger partial charge in [0.2, 0.25) is 5.91 Å². The first-order chi connectivity index (χ1) is 17.9. The lowest BCUT2D eigenvalue weighted by Crippen LogP contribution is -2.51. The van der Waals surface area contributed by atoms with Gasteiger partial charge >= 0.3 is 0 Å². The third-order valence-corrected chi connectivity index (χ3v) is 8.98. The molecular weight excluding hydrogens is 484 g/mol. The average molecular weight is 523 g/mol. The summed E-state index contributed by atoms with van der Waals surface area (Å²) < 4.78 is 7.73. The van der Waals surface area contributed by atoms with Gasteiger partial charge in [0.1, 0.15) is 0 Å². The third-order valence-electron chi connectivity index (χ3n) is 8.18. The van der Waals surface area contributed by atoms with Crippen LogP contribution in [0.1, 0.15) is 55.6 Å². The number of nitrogens with one attached hydrogen (secondary N) is 3. The van der Waals surface area contributed by atoms with Gasteiger partial charge in [0.15, 0.2) is 0 Å². The summed E-state index contributed by atoms with van der Waals surface area (Å²) >= 11 is 1.49. The number of thioether (sulfide) groups is 1. The highest BCUT2D eigenvalue weighted by atomic mass is 32.2. The predicted molar refractivity (Wildman–Crippen MR) is 151 cm³/mol. The Hall–Kier alpha value is -2.55. The van der Waals surface area contributed by atoms with Crippen molar-refractivity contribution in [3.63, 3.8) is 0 Å². The molecule has 5 rings (SSSR count). The normalized spacial score (nSPS) is 21.1. The van der Waals surface area contributed by atoms with Crippen molar-refractivity contribution in [2.24, 2.45) is 5.92 Å². The number of ether oxygens (including phenoxy) is 1. The fraction of sp³-hybridized carbons (Fsp3) is 0.517. The van der Waals surface area contributed by atoms with Gasteiger partial charge in [-0.1, -0.05) is 18.2 Å². The van der Waals surface area contributed by atoms with Crippen molar-refractivity contribution >= 4 is 34.3 Å². The molecule has 2 fully saturated rings. The van der Waals surface area contributed by atoms with E-state index in [1.807, 2.05) is 25.3 Å². The Morgan fingerprint density at radius 1 is 1.16 bits per heavy atom. The zero-order valence-electron chi connectivity index (χ0n) is 22.2. The van der Waals surface area contributed by atoms with E-state index >= 15 is 0 Å². The van der Waals surface area contributed by atoms with Crippen LogP contribution in [0, 0.1) is 19.8 Å². The molecule has 3 heterocycles. The molecule has 3 aromatic rings. The number of hydrogen-bond donors (Lipinski definition) is 3. The molecule has 2 aromatic heterocycles. The van der Waals surface area contributed by atoms with Gasteiger partial charge in [-0.05, 0) is 70.8 Å². The van der Waals surface area contributed by atoms with Gasteiger partial charge in [-0.3, -0.25) is 9.59 Å². The largest absolute Gasteiger partial charge is 0.378 e. The number of aromatic nitrogens is 2. The second kappa shape index (κ2) is 11.1. The molecule has 1 amide bonds. The number of aromatic amines is 1. The smallest absolute Gasteiger partial charge is 0.252 e. The number of rotatable bonds is 8. The SMILES string of the molecule is CSc1cc(C)[nH]c(=O)c1CC(=O)Nc1c(C)n([C@H](C)C2CCC(NC3COC3)CC2)c2ccccc12. The fourth-order valence-corrected chi connectivity index (χ4v) is 6.80. The van der Waals surface area contributed by atoms with Crippen LogP contribution >= 0.6 is 11.8 Å². The monoisotopic (exact) mass is 522 g/mol. The van der Waals surface area contributed by atoms with E-state index in [1.165, 1.54) is 37.4 Å². The van der Waals surface area contributed by atoms with Gasteiger partial charge in [0, 0.05) is 39.3 Å². The standard InChI is InChI=1S/C29H38N4O3S/c1-17-13-26(37-4)24(29(35)30-17)14-27(34)32-28-19(3)33(25-8-6-5-7-23(25)28)18(2)20-9-11-21(12-10-20)31-22-15-36-16-22/h5-8,13,18,20-22,31H,9-12,14-16H2,1-4H3,(H,30,35)(H,32,34)/t18-,20?,21?/m1/s1. The van der Waals surface area contributed by atoms with Crippen LogP contribution < -0.4 is 16.2 Å². The number of benzene rings is 1. The number of amides is 1. The zero-order chi connectivity index (χ0) is 26.1. The summed E-state index contributed by atoms with van der Waals surface area (Å²) in [5, 5.41) is 7.97. The summed E-state index contributed by atoms with van der Waals surface area (Å²) in [7, 11) is 0. The van der Waals surface area contributed by atoms with Crippen LogP contribution in [0.25, 0.3) is 10.9 Å². The molecule has 0 radical (unpaired) electrons. The molecule has 1 saturated heterocycles. The van der Waals surface area contributed by atoms with E-state index in [9.17, 15) is 9.59 Å². The minimum absolute atomic E-state index is 0.0450. The van der Waals surface area contributed by atoms with E-state index in [1.54, 1.807) is 0 Å². The Bertz CT molecular complexity index is 1330. The van der Waals surface area contributed by atoms with Crippen molar-refractivity contribution in [1.82, 2.24) is 14.9 Å². The molecule has 1 aliphatic carbocycles. The van der Waals surface area contributed by atoms with Crippen LogP contribution in [0.2, 0.25) is 0 Å². The highest BCUT2D eigenvalue weighted by molar-refractivity contribution is 7.98. The van der Waals surface area contributed by atoms with Crippen LogP contribution in [0.15, 0.2) is 40.0 Å². The van der Waals surface area contributed by atoms with Gasteiger partial charge in [0.05, 0.1) is 36.9 Å². The fourth-order valence-electron chi connectivity index (χ4n) is 6.10. The Morgan fingerprint density at radius 3 is 2.57 bits per heavy atom. The summed E-state index contributed by atoms with van der Waals surface area (Å²) in [6, 6.07) is 11.7. The highest BCUT2D eigenvalue weighted by Gasteiger charge is 2.31. The Morgan fingerprint density at radius 2 is 1.89 bits per heavy atom. The Balaban J connectivity index is 1.35. The van der Waals surface area contributed by atoms with Gasteiger partial charge in [-0.25, -0.2) is 0 Å². The van der Waals surface area contributed by atoms with E-state index in [0.29, 0.717) is 29.6 Å². The molecule has 0 spiro atoms. The molecule has 8 heteroatoms. The number of anilines is 1. The summed E-state index contributed by atoms with van der Waals surface area (Å²) in [4.78, 5) is 29.5. The predicted octanol–water partition coefficient (Wildman–Crippen LogP) is 4.96. The van der Waals surface area contributed by atoms with Gasteiger partial charge in [-0.2, -0.15) is 0 Å². The van der Waals surface area contributed by atoms with Crippen molar-refractivity contribution in [3.05, 3.63) is 57.6 Å². The molecule has 198 valence electrons. The van der Waals surface area contributed by atoms with Crippen LogP contribution in [-0.4, -0.2) is 47.0 Å². The maximum atomic E-state index is 13.2. The van der Waals surface area contributed by atoms with Gasteiger partial charge in [0.25, 0.3) is 5.56 Å². The molecule has 1 aromatic carbocycles. The van der Waals surface area contributed by atoms with E-state index in [4.69, 9.17) is 4.74 Å². The van der Waals surface area contributed by atoms with Crippen LogP contribution in [-0.2, 0) is 16.0 Å². The van der Waals surface area contributed by atoms with Crippen LogP contribution in [0.4, 0.5) is 5.69 Å². The maximum absolute atomic E-state index is 13.2. The number of para-hydroxylation sites is 1. The van der Waals surface area contributed by atoms with Crippen molar-refractivity contribution in [2.75, 3.05) is 24.8 Å². The van der Waals surface area contributed by atoms with Crippen molar-refractivity contribution in [3.8, 4) is 0 Å². The number of hydrogen-bond acceptors (Lipinski definition) is 5. The molecule has 7 nitrogen and oxygen atoms in total. The van der Waals surface area contributed by atoms with Crippen molar-refractivity contribution in [2.45, 2.75) is 75.9 Å². The lowest BCUT2D eigenvalue weighted by molar-refractivity contribution is -0.115. The number of pyridine rings is 1. The molecule has 1 atom stereocenters. The summed E-state index contributed by atoms with van der Waals surface area (Å²) in [6.07, 6.45) is 6.73. The molecule has 2 aliphatic rings. The number of aryl methyl sites for hydroxylation is 1. The van der Waals surface area contributed by atoms with Crippen molar-refractivity contribution < 1.29 is 9.53 Å². The van der Waals surface area contributed by atoms with Gasteiger partial charge < -0.3 is 24.9 Å². The quantitative estimate of drug-likeness (QED) is 0.364. The number of carbonyl (C=O) groups excluding carboxylic acids is 1. The number of fused-ring (bicyclic) bond motifs is 1. The summed E-state index contributed by atoms with van der Waals surface area (Å²) in [5.74, 6) is 0.416. The van der Waals surface area contributed by atoms with Crippen LogP contribution in [0.5, 0.6) is 0 Å². The van der Waals surface area contributed by atoms with Gasteiger partial charge in [-0.15, -0.1) is 11.8 Å². The topological polar surface area (TPSA) is 88.2 Å². The Kier molecular flexibility index (Phi) is 7.79. The zero-order valence-corrected chi connectivity index (χ0v) is 23.0. The van der Waals surface area contributed by atoms with E-state index in [0.717, 1.165) is 46.1 Å². The molecule has 0 bridgehead atoms. The molecular formula is C29H38N4O3S. The first-order valence-corrected chi connectivity index (χ1v) is 14.6. The minimum Gasteiger partial charge on any atom is -0.378 e. The van der Waals surface area contributed by atoms with Crippen LogP contribution in [0.3, 0.4) is 0 Å². The minimum atomic E-state index is -0.192. The summed E-state index contributed by atoms with van der Waals surface area (Å²) in [6.45, 7) is 7.96. The second-order valence-corrected chi connectivity index (χ2v) is 11.5. The number of nitrogens with zero attached hydrogens (tertiary/aromatic N) is 1. The number of carbonyl (C=O) groups is 1. The first kappa shape index (κ1) is 26.1. The lowest BCUT2D eigenvalue weighted by Gasteiger charge is -2.37. The van der Waals surface area contributed by atoms with E-state index in [2.05, 4.69) is 52.2 Å². The third kappa shape index (κ3) is 5.38. The molecule has 1 aliphatic heterocycles. The Labute approximate surface area is 222 Å². The summed E-state index contributed by atoms with van der Waals surface area (Å²) in [5.41, 5.74) is 4.19. The number of H-pyrrole nitrogens is 1. The van der Waals surface area contributed by atoms with Crippen molar-refractivity contribution in [1.29, 1.82) is 0 Å². The second-order valence-electron chi connectivity index (χ2n) is 10.7. The molecule has 37 heavy (non-hydrogen) atoms. The molecule has 3 N–H and O–H groups in total. The maximum Gasteiger partial charge on any atom is 0.252 e. The molecule has 0 unspecified atom stereocenters. The highest BCUT2D eigenvalue weighted by Crippen LogP contribution is 2.39. The first-order valence-electron chi connectivity index (χ1n) is 13.4. The van der Waals surface area contributed by atoms with E-state index < -0.39 is 0 Å². The molecule has 1 saturated carbocycles. The van der Waals surface area contributed by atoms with E-state index in [-0.39, 0.29) is 17.9 Å². The lowest BCUT2D eigenvalue weighted by atomic mass is 9.81. The average Bonchev–Trinajstić information content (AvgIpc) is 3.14.